The predicted molar refractivity (Wildman–Crippen MR) is 99.5 cm³/mol. The monoisotopic (exact) mass is 371 g/mol. The van der Waals surface area contributed by atoms with E-state index in [1.807, 2.05) is 37.3 Å². The van der Waals surface area contributed by atoms with Crippen LogP contribution in [0.5, 0.6) is 5.75 Å². The largest absolute Gasteiger partial charge is 0.497 e. The molecule has 3 aromatic rings. The maximum absolute atomic E-state index is 10.9. The van der Waals surface area contributed by atoms with Crippen LogP contribution < -0.4 is 10.6 Å². The van der Waals surface area contributed by atoms with Crippen molar-refractivity contribution in [3.05, 3.63) is 64.2 Å². The van der Waals surface area contributed by atoms with Gasteiger partial charge in [0.2, 0.25) is 5.16 Å². The van der Waals surface area contributed by atoms with Crippen LogP contribution in [0.4, 0.5) is 5.69 Å². The molecular formula is C17H17N5O3S. The van der Waals surface area contributed by atoms with Gasteiger partial charge < -0.3 is 10.6 Å². The summed E-state index contributed by atoms with van der Waals surface area (Å²) in [5.74, 6) is 7.41. The van der Waals surface area contributed by atoms with Crippen LogP contribution >= 0.6 is 11.8 Å². The number of aromatic nitrogens is 3. The van der Waals surface area contributed by atoms with Gasteiger partial charge in [-0.05, 0) is 36.8 Å². The van der Waals surface area contributed by atoms with Gasteiger partial charge in [-0.3, -0.25) is 10.1 Å². The standard InChI is InChI=1S/C17H17N5O3S/c1-11(13-4-3-5-14(10-13)22(23)24)26-17-20-19-16(21(17)18)12-6-8-15(25-2)9-7-12/h3-11H,18H2,1-2H3/t11-/m0/s1. The zero-order valence-electron chi connectivity index (χ0n) is 14.2. The molecule has 0 spiro atoms. The fourth-order valence-corrected chi connectivity index (χ4v) is 3.30. The zero-order valence-corrected chi connectivity index (χ0v) is 15.0. The van der Waals surface area contributed by atoms with Crippen molar-refractivity contribution >= 4 is 17.4 Å². The van der Waals surface area contributed by atoms with Gasteiger partial charge >= 0.3 is 0 Å². The third kappa shape index (κ3) is 3.62. The van der Waals surface area contributed by atoms with Crippen LogP contribution in [0.2, 0.25) is 0 Å². The highest BCUT2D eigenvalue weighted by molar-refractivity contribution is 7.99. The van der Waals surface area contributed by atoms with Gasteiger partial charge in [0.25, 0.3) is 5.69 Å². The number of nitrogens with zero attached hydrogens (tertiary/aromatic N) is 4. The van der Waals surface area contributed by atoms with E-state index in [2.05, 4.69) is 10.2 Å². The van der Waals surface area contributed by atoms with E-state index >= 15 is 0 Å². The molecule has 1 heterocycles. The van der Waals surface area contributed by atoms with E-state index in [-0.39, 0.29) is 10.9 Å². The Morgan fingerprint density at radius 2 is 1.96 bits per heavy atom. The minimum absolute atomic E-state index is 0.0584. The van der Waals surface area contributed by atoms with Gasteiger partial charge in [0, 0.05) is 22.9 Å². The SMILES string of the molecule is COc1ccc(-c2nnc(S[C@@H](C)c3cccc([N+](=O)[O-])c3)n2N)cc1. The highest BCUT2D eigenvalue weighted by Crippen LogP contribution is 2.35. The normalized spacial score (nSPS) is 11.9. The minimum atomic E-state index is -0.409. The maximum atomic E-state index is 10.9. The molecule has 0 aliphatic carbocycles. The Bertz CT molecular complexity index is 926. The van der Waals surface area contributed by atoms with E-state index in [1.54, 1.807) is 19.2 Å². The zero-order chi connectivity index (χ0) is 18.7. The molecule has 2 N–H and O–H groups in total. The molecule has 134 valence electrons. The average molecular weight is 371 g/mol. The summed E-state index contributed by atoms with van der Waals surface area (Å²) in [6, 6.07) is 13.9. The van der Waals surface area contributed by atoms with Crippen LogP contribution in [0.3, 0.4) is 0 Å². The first kappa shape index (κ1) is 17.7. The maximum Gasteiger partial charge on any atom is 0.269 e. The first-order chi connectivity index (χ1) is 12.5. The number of nitro benzene ring substituents is 1. The number of nitro groups is 1. The molecule has 3 rings (SSSR count). The molecule has 0 aliphatic rings. The number of nitrogen functional groups attached to an aromatic ring is 1. The molecule has 0 amide bonds. The lowest BCUT2D eigenvalue weighted by Gasteiger charge is -2.11. The van der Waals surface area contributed by atoms with Crippen molar-refractivity contribution in [2.24, 2.45) is 0 Å². The number of benzene rings is 2. The summed E-state index contributed by atoms with van der Waals surface area (Å²) in [4.78, 5) is 10.5. The molecule has 8 nitrogen and oxygen atoms in total. The molecule has 0 radical (unpaired) electrons. The first-order valence-corrected chi connectivity index (χ1v) is 8.63. The Kier molecular flexibility index (Phi) is 5.08. The van der Waals surface area contributed by atoms with Gasteiger partial charge in [-0.15, -0.1) is 10.2 Å². The second kappa shape index (κ2) is 7.44. The van der Waals surface area contributed by atoms with E-state index in [9.17, 15) is 10.1 Å². The van der Waals surface area contributed by atoms with Gasteiger partial charge in [0.1, 0.15) is 5.75 Å². The van der Waals surface area contributed by atoms with E-state index < -0.39 is 4.92 Å². The molecule has 0 saturated carbocycles. The van der Waals surface area contributed by atoms with Crippen LogP contribution in [0.15, 0.2) is 53.7 Å². The van der Waals surface area contributed by atoms with Crippen molar-refractivity contribution in [1.82, 2.24) is 14.9 Å². The van der Waals surface area contributed by atoms with E-state index in [1.165, 1.54) is 22.5 Å². The van der Waals surface area contributed by atoms with Gasteiger partial charge in [0.15, 0.2) is 5.82 Å². The molecule has 9 heteroatoms. The van der Waals surface area contributed by atoms with E-state index in [4.69, 9.17) is 10.6 Å². The number of rotatable bonds is 6. The molecule has 0 aliphatic heterocycles. The average Bonchev–Trinajstić information content (AvgIpc) is 3.02. The first-order valence-electron chi connectivity index (χ1n) is 7.75. The van der Waals surface area contributed by atoms with Crippen molar-refractivity contribution in [3.63, 3.8) is 0 Å². The van der Waals surface area contributed by atoms with Crippen LogP contribution in [-0.4, -0.2) is 26.9 Å². The third-order valence-electron chi connectivity index (χ3n) is 3.85. The van der Waals surface area contributed by atoms with Gasteiger partial charge in [-0.2, -0.15) is 0 Å². The second-order valence-electron chi connectivity index (χ2n) is 5.52. The van der Waals surface area contributed by atoms with Crippen LogP contribution in [0.1, 0.15) is 17.7 Å². The molecule has 0 saturated heterocycles. The molecular weight excluding hydrogens is 354 g/mol. The third-order valence-corrected chi connectivity index (χ3v) is 4.96. The van der Waals surface area contributed by atoms with Crippen LogP contribution in [0, 0.1) is 10.1 Å². The number of methoxy groups -OCH3 is 1. The Morgan fingerprint density at radius 1 is 1.23 bits per heavy atom. The smallest absolute Gasteiger partial charge is 0.269 e. The number of nitrogens with two attached hydrogens (primary N) is 1. The van der Waals surface area contributed by atoms with E-state index in [0.29, 0.717) is 11.0 Å². The lowest BCUT2D eigenvalue weighted by molar-refractivity contribution is -0.384. The van der Waals surface area contributed by atoms with Crippen molar-refractivity contribution in [1.29, 1.82) is 0 Å². The molecule has 2 aromatic carbocycles. The summed E-state index contributed by atoms with van der Waals surface area (Å²) in [5, 5.41) is 19.7. The van der Waals surface area contributed by atoms with E-state index in [0.717, 1.165) is 16.9 Å². The summed E-state index contributed by atoms with van der Waals surface area (Å²) in [5.41, 5.74) is 1.69. The minimum Gasteiger partial charge on any atom is -0.497 e. The number of hydrogen-bond donors (Lipinski definition) is 1. The molecule has 0 fully saturated rings. The number of hydrogen-bond acceptors (Lipinski definition) is 7. The number of ether oxygens (including phenoxy) is 1. The fraction of sp³-hybridized carbons (Fsp3) is 0.176. The summed E-state index contributed by atoms with van der Waals surface area (Å²) in [6.07, 6.45) is 0. The molecule has 0 bridgehead atoms. The van der Waals surface area contributed by atoms with Gasteiger partial charge in [0.05, 0.1) is 12.0 Å². The Morgan fingerprint density at radius 3 is 2.62 bits per heavy atom. The topological polar surface area (TPSA) is 109 Å². The summed E-state index contributed by atoms with van der Waals surface area (Å²) in [7, 11) is 1.60. The summed E-state index contributed by atoms with van der Waals surface area (Å²) in [6.45, 7) is 1.94. The van der Waals surface area contributed by atoms with Crippen molar-refractivity contribution < 1.29 is 9.66 Å². The van der Waals surface area contributed by atoms with Crippen molar-refractivity contribution in [2.75, 3.05) is 13.0 Å². The van der Waals surface area contributed by atoms with Crippen molar-refractivity contribution in [3.8, 4) is 17.1 Å². The highest BCUT2D eigenvalue weighted by Gasteiger charge is 2.18. The Balaban J connectivity index is 1.81. The molecule has 1 aromatic heterocycles. The number of thioether (sulfide) groups is 1. The Labute approximate surface area is 154 Å². The van der Waals surface area contributed by atoms with Gasteiger partial charge in [-0.1, -0.05) is 23.9 Å². The quantitative estimate of drug-likeness (QED) is 0.306. The lowest BCUT2D eigenvalue weighted by Crippen LogP contribution is -2.12. The second-order valence-corrected chi connectivity index (χ2v) is 6.82. The number of non-ortho nitro benzene ring substituents is 1. The lowest BCUT2D eigenvalue weighted by atomic mass is 10.1. The van der Waals surface area contributed by atoms with Crippen LogP contribution in [-0.2, 0) is 0 Å². The molecule has 0 unspecified atom stereocenters. The highest BCUT2D eigenvalue weighted by atomic mass is 32.2. The van der Waals surface area contributed by atoms with Crippen molar-refractivity contribution in [2.45, 2.75) is 17.3 Å². The Hall–Kier alpha value is -3.07. The fourth-order valence-electron chi connectivity index (χ4n) is 2.41. The van der Waals surface area contributed by atoms with Gasteiger partial charge in [-0.25, -0.2) is 4.68 Å². The predicted octanol–water partition coefficient (Wildman–Crippen LogP) is 3.43. The molecule has 26 heavy (non-hydrogen) atoms. The summed E-state index contributed by atoms with van der Waals surface area (Å²) < 4.78 is 6.56. The van der Waals surface area contributed by atoms with Crippen LogP contribution in [0.25, 0.3) is 11.4 Å². The molecule has 1 atom stereocenters. The summed E-state index contributed by atoms with van der Waals surface area (Å²) >= 11 is 1.38.